The van der Waals surface area contributed by atoms with Crippen LogP contribution in [-0.2, 0) is 6.54 Å². The molecular weight excluding hydrogens is 170 g/mol. The van der Waals surface area contributed by atoms with Crippen molar-refractivity contribution in [3.8, 4) is 0 Å². The van der Waals surface area contributed by atoms with Gasteiger partial charge >= 0.3 is 0 Å². The summed E-state index contributed by atoms with van der Waals surface area (Å²) in [5, 5.41) is 4.06. The molecule has 0 aliphatic carbocycles. The van der Waals surface area contributed by atoms with Gasteiger partial charge in [0.1, 0.15) is 12.7 Å². The maximum Gasteiger partial charge on any atom is 0.137 e. The van der Waals surface area contributed by atoms with Gasteiger partial charge in [-0.05, 0) is 18.1 Å². The molecule has 0 spiro atoms. The fourth-order valence-electron chi connectivity index (χ4n) is 1.24. The van der Waals surface area contributed by atoms with Crippen LogP contribution in [0.25, 0.3) is 0 Å². The molecule has 1 aromatic heterocycles. The zero-order valence-electron chi connectivity index (χ0n) is 7.35. The van der Waals surface area contributed by atoms with E-state index in [1.165, 1.54) is 12.8 Å². The van der Waals surface area contributed by atoms with Crippen LogP contribution < -0.4 is 0 Å². The molecule has 12 heavy (non-hydrogen) atoms. The Bertz CT molecular complexity index is 198. The Morgan fingerprint density at radius 1 is 1.58 bits per heavy atom. The van der Waals surface area contributed by atoms with E-state index in [1.807, 2.05) is 4.68 Å². The summed E-state index contributed by atoms with van der Waals surface area (Å²) in [6.45, 7) is 3.13. The summed E-state index contributed by atoms with van der Waals surface area (Å²) in [6.07, 6.45) is 5.75. The minimum Gasteiger partial charge on any atom is -0.253 e. The molecule has 1 aromatic rings. The summed E-state index contributed by atoms with van der Waals surface area (Å²) >= 11 is 4.30. The summed E-state index contributed by atoms with van der Waals surface area (Å²) in [6, 6.07) is 0. The third-order valence-electron chi connectivity index (χ3n) is 1.87. The zero-order chi connectivity index (χ0) is 8.81. The maximum atomic E-state index is 4.30. The molecular formula is C8H15N3S. The van der Waals surface area contributed by atoms with Gasteiger partial charge in [0.15, 0.2) is 0 Å². The fraction of sp³-hybridized carbons (Fsp3) is 0.750. The van der Waals surface area contributed by atoms with E-state index in [-0.39, 0.29) is 0 Å². The van der Waals surface area contributed by atoms with E-state index in [4.69, 9.17) is 0 Å². The van der Waals surface area contributed by atoms with Crippen LogP contribution in [-0.4, -0.2) is 20.5 Å². The Balaban J connectivity index is 2.37. The Hall–Kier alpha value is -0.510. The van der Waals surface area contributed by atoms with E-state index in [0.717, 1.165) is 12.3 Å². The third kappa shape index (κ3) is 2.85. The predicted molar refractivity (Wildman–Crippen MR) is 52.3 cm³/mol. The van der Waals surface area contributed by atoms with Crippen LogP contribution in [0, 0.1) is 5.92 Å². The molecule has 0 amide bonds. The monoisotopic (exact) mass is 185 g/mol. The number of rotatable bonds is 5. The molecule has 3 nitrogen and oxygen atoms in total. The molecule has 0 aliphatic rings. The van der Waals surface area contributed by atoms with Gasteiger partial charge < -0.3 is 0 Å². The number of hydrogen-bond acceptors (Lipinski definition) is 3. The second-order valence-electron chi connectivity index (χ2n) is 2.95. The van der Waals surface area contributed by atoms with Gasteiger partial charge in [0, 0.05) is 6.54 Å². The first-order chi connectivity index (χ1) is 5.86. The molecule has 1 rings (SSSR count). The summed E-state index contributed by atoms with van der Waals surface area (Å²) in [5.74, 6) is 1.55. The standard InChI is InChI=1S/C8H15N3S/c1-2-3-8(5-12)4-11-7-9-6-10-11/h6-8,12H,2-5H2,1H3. The van der Waals surface area contributed by atoms with Gasteiger partial charge in [0.2, 0.25) is 0 Å². The minimum atomic E-state index is 0.625. The van der Waals surface area contributed by atoms with Crippen molar-refractivity contribution in [3.05, 3.63) is 12.7 Å². The lowest BCUT2D eigenvalue weighted by Crippen LogP contribution is -2.12. The van der Waals surface area contributed by atoms with Crippen molar-refractivity contribution in [2.45, 2.75) is 26.3 Å². The molecule has 1 heterocycles. The molecule has 1 unspecified atom stereocenters. The largest absolute Gasteiger partial charge is 0.253 e. The van der Waals surface area contributed by atoms with Crippen molar-refractivity contribution >= 4 is 12.6 Å². The molecule has 0 N–H and O–H groups in total. The summed E-state index contributed by atoms with van der Waals surface area (Å²) in [7, 11) is 0. The van der Waals surface area contributed by atoms with Gasteiger partial charge in [-0.2, -0.15) is 17.7 Å². The molecule has 4 heteroatoms. The van der Waals surface area contributed by atoms with Gasteiger partial charge in [0.05, 0.1) is 0 Å². The molecule has 0 saturated heterocycles. The fourth-order valence-corrected chi connectivity index (χ4v) is 1.54. The van der Waals surface area contributed by atoms with Gasteiger partial charge in [-0.3, -0.25) is 4.68 Å². The van der Waals surface area contributed by atoms with Crippen LogP contribution in [0.3, 0.4) is 0 Å². The van der Waals surface area contributed by atoms with Gasteiger partial charge in [0.25, 0.3) is 0 Å². The Kier molecular flexibility index (Phi) is 4.14. The second kappa shape index (κ2) is 5.19. The molecule has 0 aromatic carbocycles. The van der Waals surface area contributed by atoms with E-state index < -0.39 is 0 Å². The molecule has 68 valence electrons. The SMILES string of the molecule is CCCC(CS)Cn1cncn1. The van der Waals surface area contributed by atoms with E-state index in [9.17, 15) is 0 Å². The average Bonchev–Trinajstić information content (AvgIpc) is 2.56. The summed E-state index contributed by atoms with van der Waals surface area (Å²) in [5.41, 5.74) is 0. The van der Waals surface area contributed by atoms with Crippen molar-refractivity contribution in [1.82, 2.24) is 14.8 Å². The van der Waals surface area contributed by atoms with Crippen molar-refractivity contribution in [2.75, 3.05) is 5.75 Å². The van der Waals surface area contributed by atoms with Crippen molar-refractivity contribution < 1.29 is 0 Å². The topological polar surface area (TPSA) is 30.7 Å². The summed E-state index contributed by atoms with van der Waals surface area (Å²) < 4.78 is 1.87. The highest BCUT2D eigenvalue weighted by Crippen LogP contribution is 2.09. The van der Waals surface area contributed by atoms with Gasteiger partial charge in [-0.25, -0.2) is 4.98 Å². The first-order valence-electron chi connectivity index (χ1n) is 4.30. The second-order valence-corrected chi connectivity index (χ2v) is 3.32. The van der Waals surface area contributed by atoms with Crippen LogP contribution in [0.2, 0.25) is 0 Å². The van der Waals surface area contributed by atoms with Crippen LogP contribution in [0.4, 0.5) is 0 Å². The van der Waals surface area contributed by atoms with E-state index in [2.05, 4.69) is 29.6 Å². The third-order valence-corrected chi connectivity index (χ3v) is 2.38. The van der Waals surface area contributed by atoms with Crippen LogP contribution in [0.1, 0.15) is 19.8 Å². The highest BCUT2D eigenvalue weighted by molar-refractivity contribution is 7.80. The molecule has 0 fully saturated rings. The summed E-state index contributed by atoms with van der Waals surface area (Å²) in [4.78, 5) is 3.90. The van der Waals surface area contributed by atoms with Crippen LogP contribution in [0.5, 0.6) is 0 Å². The molecule has 1 atom stereocenters. The van der Waals surface area contributed by atoms with Gasteiger partial charge in [-0.1, -0.05) is 13.3 Å². The van der Waals surface area contributed by atoms with E-state index in [0.29, 0.717) is 5.92 Å². The van der Waals surface area contributed by atoms with Gasteiger partial charge in [-0.15, -0.1) is 0 Å². The van der Waals surface area contributed by atoms with Crippen molar-refractivity contribution in [1.29, 1.82) is 0 Å². The zero-order valence-corrected chi connectivity index (χ0v) is 8.24. The average molecular weight is 185 g/mol. The lowest BCUT2D eigenvalue weighted by Gasteiger charge is -2.11. The smallest absolute Gasteiger partial charge is 0.137 e. The number of hydrogen-bond donors (Lipinski definition) is 1. The van der Waals surface area contributed by atoms with Crippen LogP contribution >= 0.6 is 12.6 Å². The number of nitrogens with zero attached hydrogens (tertiary/aromatic N) is 3. The highest BCUT2D eigenvalue weighted by atomic mass is 32.1. The Morgan fingerprint density at radius 2 is 2.42 bits per heavy atom. The first-order valence-corrected chi connectivity index (χ1v) is 4.93. The molecule has 0 saturated carbocycles. The van der Waals surface area contributed by atoms with E-state index >= 15 is 0 Å². The van der Waals surface area contributed by atoms with E-state index in [1.54, 1.807) is 12.7 Å². The molecule has 0 aliphatic heterocycles. The lowest BCUT2D eigenvalue weighted by atomic mass is 10.1. The predicted octanol–water partition coefficient (Wildman–Crippen LogP) is 1.62. The Morgan fingerprint density at radius 3 is 2.92 bits per heavy atom. The number of aromatic nitrogens is 3. The quantitative estimate of drug-likeness (QED) is 0.707. The normalized spacial score (nSPS) is 13.2. The maximum absolute atomic E-state index is 4.30. The minimum absolute atomic E-state index is 0.625. The first kappa shape index (κ1) is 9.58. The highest BCUT2D eigenvalue weighted by Gasteiger charge is 2.06. The van der Waals surface area contributed by atoms with Crippen molar-refractivity contribution in [2.24, 2.45) is 5.92 Å². The van der Waals surface area contributed by atoms with Crippen LogP contribution in [0.15, 0.2) is 12.7 Å². The molecule has 0 radical (unpaired) electrons. The lowest BCUT2D eigenvalue weighted by molar-refractivity contribution is 0.427. The van der Waals surface area contributed by atoms with Crippen molar-refractivity contribution in [3.63, 3.8) is 0 Å². The number of thiol groups is 1. The molecule has 0 bridgehead atoms. The Labute approximate surface area is 78.6 Å².